The quantitative estimate of drug-likeness (QED) is 0.385. The zero-order valence-electron chi connectivity index (χ0n) is 21.0. The summed E-state index contributed by atoms with van der Waals surface area (Å²) in [6.45, 7) is 4.07. The molecule has 5 aliphatic carbocycles. The third-order valence-electron chi connectivity index (χ3n) is 11.7. The highest BCUT2D eigenvalue weighted by Gasteiger charge is 2.88. The molecule has 0 amide bonds. The summed E-state index contributed by atoms with van der Waals surface area (Å²) in [6.07, 6.45) is -1.24. The van der Waals surface area contributed by atoms with Gasteiger partial charge in [0.2, 0.25) is 0 Å². The highest BCUT2D eigenvalue weighted by Crippen LogP contribution is 2.79. The Bertz CT molecular complexity index is 848. The first-order valence-corrected chi connectivity index (χ1v) is 12.9. The molecule has 1 unspecified atom stereocenters. The van der Waals surface area contributed by atoms with Crippen LogP contribution in [0.25, 0.3) is 0 Å². The number of aliphatic hydroxyl groups excluding tert-OH is 2. The molecule has 1 heterocycles. The van der Waals surface area contributed by atoms with Crippen molar-refractivity contribution >= 4 is 0 Å². The van der Waals surface area contributed by atoms with Crippen molar-refractivity contribution in [2.45, 2.75) is 73.9 Å². The minimum absolute atomic E-state index is 0.0614. The smallest absolute Gasteiger partial charge is 0.117 e. The van der Waals surface area contributed by atoms with Crippen LogP contribution in [0.2, 0.25) is 0 Å². The molecule has 194 valence electrons. The number of fused-ring (bicyclic) bond motifs is 2. The molecule has 1 saturated heterocycles. The van der Waals surface area contributed by atoms with Gasteiger partial charge in [0, 0.05) is 81.6 Å². The number of nitrogens with zero attached hydrogens (tertiary/aromatic N) is 1. The molecule has 0 aromatic rings. The van der Waals surface area contributed by atoms with Gasteiger partial charge >= 0.3 is 0 Å². The second-order valence-electron chi connectivity index (χ2n) is 12.2. The Labute approximate surface area is 201 Å². The van der Waals surface area contributed by atoms with Gasteiger partial charge in [-0.05, 0) is 25.3 Å². The van der Waals surface area contributed by atoms with E-state index in [1.54, 1.807) is 28.4 Å². The van der Waals surface area contributed by atoms with Crippen LogP contribution in [0.5, 0.6) is 0 Å². The first-order chi connectivity index (χ1) is 16.2. The fraction of sp³-hybridized carbons (Fsp3) is 1.00. The fourth-order valence-electron chi connectivity index (χ4n) is 11.0. The number of nitrogens with two attached hydrogens (primary N) is 1. The Morgan fingerprint density at radius 2 is 1.71 bits per heavy atom. The zero-order valence-corrected chi connectivity index (χ0v) is 21.0. The molecule has 7 bridgehead atoms. The first-order valence-electron chi connectivity index (χ1n) is 12.9. The largest absolute Gasteiger partial charge is 0.392 e. The summed E-state index contributed by atoms with van der Waals surface area (Å²) in [5.74, 6) is -0.548. The summed E-state index contributed by atoms with van der Waals surface area (Å²) >= 11 is 0. The van der Waals surface area contributed by atoms with Crippen LogP contribution in [0.4, 0.5) is 0 Å². The van der Waals surface area contributed by atoms with Gasteiger partial charge in [-0.3, -0.25) is 4.90 Å². The summed E-state index contributed by atoms with van der Waals surface area (Å²) in [4.78, 5) is 2.47. The maximum Gasteiger partial charge on any atom is 0.117 e. The Hall–Kier alpha value is -0.360. The monoisotopic (exact) mass is 482 g/mol. The van der Waals surface area contributed by atoms with E-state index in [1.165, 1.54) is 0 Å². The second kappa shape index (κ2) is 7.36. The summed E-state index contributed by atoms with van der Waals surface area (Å²) in [6, 6.07) is 0.0614. The van der Waals surface area contributed by atoms with Gasteiger partial charge in [0.15, 0.2) is 0 Å². The number of hydrogen-bond donors (Lipinski definition) is 4. The van der Waals surface area contributed by atoms with Gasteiger partial charge in [0.25, 0.3) is 0 Å². The summed E-state index contributed by atoms with van der Waals surface area (Å²) in [7, 11) is 6.77. The first kappa shape index (κ1) is 24.0. The van der Waals surface area contributed by atoms with Crippen LogP contribution >= 0.6 is 0 Å². The fourth-order valence-corrected chi connectivity index (χ4v) is 11.0. The van der Waals surface area contributed by atoms with Crippen LogP contribution < -0.4 is 5.73 Å². The third-order valence-corrected chi connectivity index (χ3v) is 11.7. The number of rotatable bonds is 6. The molecule has 1 aliphatic heterocycles. The molecule has 6 rings (SSSR count). The van der Waals surface area contributed by atoms with Crippen LogP contribution in [-0.2, 0) is 18.9 Å². The normalized spacial score (nSPS) is 61.7. The number of piperidine rings is 1. The average molecular weight is 483 g/mol. The van der Waals surface area contributed by atoms with Crippen molar-refractivity contribution in [1.29, 1.82) is 0 Å². The van der Waals surface area contributed by atoms with E-state index < -0.39 is 40.3 Å². The molecule has 0 radical (unpaired) electrons. The molecule has 1 spiro atoms. The van der Waals surface area contributed by atoms with Crippen LogP contribution in [0.15, 0.2) is 0 Å². The van der Waals surface area contributed by atoms with Gasteiger partial charge < -0.3 is 40.0 Å². The zero-order chi connectivity index (χ0) is 24.4. The molecule has 6 aliphatic rings. The lowest BCUT2D eigenvalue weighted by atomic mass is 9.42. The molecule has 0 aromatic carbocycles. The molecular weight excluding hydrogens is 440 g/mol. The highest BCUT2D eigenvalue weighted by atomic mass is 16.5. The Morgan fingerprint density at radius 1 is 1.00 bits per heavy atom. The molecular formula is C25H42N2O7. The lowest BCUT2D eigenvalue weighted by molar-refractivity contribution is -0.282. The van der Waals surface area contributed by atoms with Crippen molar-refractivity contribution in [3.63, 3.8) is 0 Å². The van der Waals surface area contributed by atoms with Crippen molar-refractivity contribution in [1.82, 2.24) is 4.90 Å². The van der Waals surface area contributed by atoms with Gasteiger partial charge in [-0.1, -0.05) is 6.92 Å². The second-order valence-corrected chi connectivity index (χ2v) is 12.2. The van der Waals surface area contributed by atoms with E-state index in [1.807, 2.05) is 0 Å². The number of ether oxygens (including phenoxy) is 4. The molecule has 34 heavy (non-hydrogen) atoms. The van der Waals surface area contributed by atoms with Gasteiger partial charge in [-0.15, -0.1) is 0 Å². The third kappa shape index (κ3) is 2.26. The number of aliphatic hydroxyl groups is 3. The van der Waals surface area contributed by atoms with Crippen LogP contribution in [0.1, 0.15) is 26.2 Å². The van der Waals surface area contributed by atoms with E-state index in [0.717, 1.165) is 6.54 Å². The van der Waals surface area contributed by atoms with E-state index in [0.29, 0.717) is 32.4 Å². The molecule has 5 N–H and O–H groups in total. The van der Waals surface area contributed by atoms with E-state index in [4.69, 9.17) is 24.7 Å². The van der Waals surface area contributed by atoms with Crippen molar-refractivity contribution in [2.24, 2.45) is 40.2 Å². The molecule has 6 fully saturated rings. The number of hydrogen-bond acceptors (Lipinski definition) is 9. The average Bonchev–Trinajstić information content (AvgIpc) is 3.17. The standard InChI is InChI=1S/C25H42N2O7/c1-6-27-10-22(11-31-2)13(28)7-14(32-3)25-12-8-24(30)15(33-4)9-23(26,16(12)21(24)29)17(20(25)27)18(34-5)19(22)25/h12-21,28-30H,6-11,26H2,1-5H3/t12-,13-,14+,15+,16-,17+,18+,19-,20?,21-,22+,23-,24+,25+/m1/s1. The Balaban J connectivity index is 1.66. The van der Waals surface area contributed by atoms with E-state index in [2.05, 4.69) is 11.8 Å². The predicted molar refractivity (Wildman–Crippen MR) is 122 cm³/mol. The lowest BCUT2D eigenvalue weighted by Gasteiger charge is -2.70. The Kier molecular flexibility index (Phi) is 5.19. The van der Waals surface area contributed by atoms with Crippen molar-refractivity contribution in [3.05, 3.63) is 0 Å². The van der Waals surface area contributed by atoms with E-state index in [9.17, 15) is 15.3 Å². The van der Waals surface area contributed by atoms with Crippen molar-refractivity contribution < 1.29 is 34.3 Å². The molecule has 0 aromatic heterocycles. The van der Waals surface area contributed by atoms with Crippen molar-refractivity contribution in [3.8, 4) is 0 Å². The van der Waals surface area contributed by atoms with Crippen LogP contribution in [-0.4, -0.2) is 116 Å². The van der Waals surface area contributed by atoms with E-state index in [-0.39, 0.29) is 41.9 Å². The highest BCUT2D eigenvalue weighted by molar-refractivity contribution is 5.39. The van der Waals surface area contributed by atoms with Gasteiger partial charge in [-0.25, -0.2) is 0 Å². The maximum absolute atomic E-state index is 11.8. The minimum atomic E-state index is -1.35. The molecule has 14 atom stereocenters. The molecule has 9 nitrogen and oxygen atoms in total. The Morgan fingerprint density at radius 3 is 2.29 bits per heavy atom. The van der Waals surface area contributed by atoms with Crippen LogP contribution in [0.3, 0.4) is 0 Å². The predicted octanol–water partition coefficient (Wildman–Crippen LogP) is -0.792. The van der Waals surface area contributed by atoms with E-state index >= 15 is 0 Å². The SMILES string of the molecule is CCN1C[C@]2(COC)[C@H](O)C[C@H](OC)[C@]34C1[C@H]([C@H](OC)[C@H]23)[C@@]1(N)C[C@H](OC)[C@@]2(O)C[C@@H]4[C@@H]1[C@H]2O. The van der Waals surface area contributed by atoms with Crippen LogP contribution in [0, 0.1) is 34.5 Å². The van der Waals surface area contributed by atoms with Crippen molar-refractivity contribution in [2.75, 3.05) is 48.1 Å². The minimum Gasteiger partial charge on any atom is -0.392 e. The van der Waals surface area contributed by atoms with Gasteiger partial charge in [0.1, 0.15) is 5.60 Å². The lowest BCUT2D eigenvalue weighted by Crippen LogP contribution is -2.80. The number of likely N-dealkylation sites (tertiary alicyclic amines) is 1. The topological polar surface area (TPSA) is 127 Å². The molecule has 5 saturated carbocycles. The maximum atomic E-state index is 11.8. The summed E-state index contributed by atoms with van der Waals surface area (Å²) in [5.41, 5.74) is 4.33. The molecule has 9 heteroatoms. The summed E-state index contributed by atoms with van der Waals surface area (Å²) < 4.78 is 24.2. The number of methoxy groups -OCH3 is 4. The summed E-state index contributed by atoms with van der Waals surface area (Å²) in [5, 5.41) is 35.2. The van der Waals surface area contributed by atoms with Gasteiger partial charge in [-0.2, -0.15) is 0 Å². The van der Waals surface area contributed by atoms with Gasteiger partial charge in [0.05, 0.1) is 37.1 Å².